The Kier molecular flexibility index (Phi) is 9.09. The van der Waals surface area contributed by atoms with Crippen LogP contribution in [0.1, 0.15) is 19.0 Å². The van der Waals surface area contributed by atoms with Gasteiger partial charge in [0.05, 0.1) is 11.7 Å². The van der Waals surface area contributed by atoms with Gasteiger partial charge < -0.3 is 30.6 Å². The SMILES string of the molecule is CON=CCC1=C(C(=O)[O-])N2C(=O)C(NC(=O)/C(=N\OC)c3csc(N)n3)[C@@H]2S[C@@H]1C.[Na+]. The number of anilines is 1. The topological polar surface area (TPSA) is 172 Å². The second-order valence-corrected chi connectivity index (χ2v) is 8.71. The van der Waals surface area contributed by atoms with E-state index in [1.807, 2.05) is 0 Å². The molecule has 1 unspecified atom stereocenters. The minimum absolute atomic E-state index is 0. The fourth-order valence-electron chi connectivity index (χ4n) is 3.22. The summed E-state index contributed by atoms with van der Waals surface area (Å²) < 4.78 is 0. The molecule has 32 heavy (non-hydrogen) atoms. The summed E-state index contributed by atoms with van der Waals surface area (Å²) in [6.45, 7) is 1.80. The van der Waals surface area contributed by atoms with Gasteiger partial charge in [0.2, 0.25) is 0 Å². The number of carbonyl (C=O) groups excluding carboxylic acids is 3. The quantitative estimate of drug-likeness (QED) is 0.159. The van der Waals surface area contributed by atoms with Crippen molar-refractivity contribution in [1.82, 2.24) is 15.2 Å². The molecular weight excluding hydrogens is 471 g/mol. The van der Waals surface area contributed by atoms with Crippen molar-refractivity contribution in [2.75, 3.05) is 20.0 Å². The van der Waals surface area contributed by atoms with Crippen LogP contribution in [0.2, 0.25) is 0 Å². The van der Waals surface area contributed by atoms with Crippen molar-refractivity contribution < 1.29 is 58.7 Å². The fraction of sp³-hybridized carbons (Fsp3) is 0.412. The third kappa shape index (κ3) is 5.09. The third-order valence-corrected chi connectivity index (χ3v) is 6.68. The van der Waals surface area contributed by atoms with E-state index in [9.17, 15) is 19.5 Å². The number of hydrogen-bond acceptors (Lipinski definition) is 12. The molecule has 3 N–H and O–H groups in total. The summed E-state index contributed by atoms with van der Waals surface area (Å²) in [5, 5.41) is 22.6. The van der Waals surface area contributed by atoms with Crippen molar-refractivity contribution in [1.29, 1.82) is 0 Å². The first-order valence-electron chi connectivity index (χ1n) is 8.91. The van der Waals surface area contributed by atoms with E-state index in [1.165, 1.54) is 37.6 Å². The number of nitrogens with one attached hydrogen (secondary N) is 1. The molecule has 1 saturated heterocycles. The summed E-state index contributed by atoms with van der Waals surface area (Å²) in [7, 11) is 2.64. The molecule has 0 bridgehead atoms. The van der Waals surface area contributed by atoms with Gasteiger partial charge in [-0.25, -0.2) is 4.98 Å². The minimum Gasteiger partial charge on any atom is -0.543 e. The number of β-lactam (4-membered cyclic amide) rings is 1. The molecule has 3 atom stereocenters. The molecule has 0 aromatic carbocycles. The van der Waals surface area contributed by atoms with Crippen molar-refractivity contribution in [3.8, 4) is 0 Å². The average molecular weight is 490 g/mol. The summed E-state index contributed by atoms with van der Waals surface area (Å²) >= 11 is 2.46. The predicted octanol–water partition coefficient (Wildman–Crippen LogP) is -4.11. The van der Waals surface area contributed by atoms with Crippen molar-refractivity contribution in [3.05, 3.63) is 22.3 Å². The molecule has 1 aromatic heterocycles. The number of thioether (sulfide) groups is 1. The van der Waals surface area contributed by atoms with Crippen molar-refractivity contribution in [3.63, 3.8) is 0 Å². The molecule has 15 heteroatoms. The van der Waals surface area contributed by atoms with Crippen LogP contribution in [0.4, 0.5) is 5.13 Å². The molecule has 0 aliphatic carbocycles. The molecule has 1 aromatic rings. The summed E-state index contributed by atoms with van der Waals surface area (Å²) in [6, 6.07) is -0.957. The minimum atomic E-state index is -1.48. The number of amides is 2. The maximum atomic E-state index is 12.8. The first-order chi connectivity index (χ1) is 14.8. The van der Waals surface area contributed by atoms with Crippen LogP contribution in [0.25, 0.3) is 0 Å². The van der Waals surface area contributed by atoms with E-state index in [0.717, 1.165) is 16.2 Å². The Morgan fingerprint density at radius 2 is 2.12 bits per heavy atom. The number of nitrogens with two attached hydrogens (primary N) is 1. The van der Waals surface area contributed by atoms with Crippen LogP contribution in [-0.2, 0) is 24.1 Å². The number of thiazole rings is 1. The van der Waals surface area contributed by atoms with Crippen molar-refractivity contribution in [2.24, 2.45) is 10.3 Å². The smallest absolute Gasteiger partial charge is 0.543 e. The summed E-state index contributed by atoms with van der Waals surface area (Å²) in [4.78, 5) is 51.8. The molecule has 0 spiro atoms. The number of fused-ring (bicyclic) bond motifs is 1. The summed E-state index contributed by atoms with van der Waals surface area (Å²) in [6.07, 6.45) is 1.58. The first-order valence-corrected chi connectivity index (χ1v) is 10.7. The van der Waals surface area contributed by atoms with Gasteiger partial charge in [0.15, 0.2) is 10.8 Å². The van der Waals surface area contributed by atoms with Crippen LogP contribution in [0, 0.1) is 0 Å². The average Bonchev–Trinajstić information content (AvgIpc) is 3.16. The molecule has 0 saturated carbocycles. The number of aromatic nitrogens is 1. The number of carbonyl (C=O) groups is 3. The van der Waals surface area contributed by atoms with Crippen LogP contribution >= 0.6 is 23.1 Å². The predicted molar refractivity (Wildman–Crippen MR) is 112 cm³/mol. The van der Waals surface area contributed by atoms with E-state index in [4.69, 9.17) is 10.6 Å². The molecule has 1 fully saturated rings. The van der Waals surface area contributed by atoms with Crippen LogP contribution in [0.3, 0.4) is 0 Å². The Balaban J connectivity index is 0.00000363. The van der Waals surface area contributed by atoms with E-state index in [1.54, 1.807) is 6.92 Å². The number of rotatable bonds is 8. The number of oxime groups is 2. The third-order valence-electron chi connectivity index (χ3n) is 4.56. The summed E-state index contributed by atoms with van der Waals surface area (Å²) in [5.74, 6) is -2.75. The molecular formula is C17H19N6NaO6S2. The molecule has 2 amide bonds. The zero-order chi connectivity index (χ0) is 22.7. The Bertz CT molecular complexity index is 996. The van der Waals surface area contributed by atoms with Gasteiger partial charge in [-0.05, 0) is 12.5 Å². The Hall–Kier alpha value is -2.13. The van der Waals surface area contributed by atoms with Gasteiger partial charge in [0, 0.05) is 23.3 Å². The van der Waals surface area contributed by atoms with E-state index in [-0.39, 0.29) is 63.5 Å². The number of hydrogen-bond donors (Lipinski definition) is 2. The monoisotopic (exact) mass is 490 g/mol. The number of aliphatic carboxylic acids is 1. The van der Waals surface area contributed by atoms with E-state index < -0.39 is 29.2 Å². The molecule has 166 valence electrons. The maximum Gasteiger partial charge on any atom is 1.00 e. The Labute approximate surface area is 213 Å². The standard InChI is InChI=1S/C17H20N6O6S2.Na/c1-7-8(4-5-19-28-2)12(16(26)27)23-14(25)11(15(23)31-7)21-13(24)10(22-29-3)9-6-30-17(18)20-9;/h5-7,11,15H,4H2,1-3H3,(H2,18,20)(H,21,24)(H,26,27);/q;+1/p-1/b19-5?,22-10-;/t7-,11?,15+;/m1./s1. The van der Waals surface area contributed by atoms with E-state index in [0.29, 0.717) is 5.57 Å². The van der Waals surface area contributed by atoms with Gasteiger partial charge in [-0.2, -0.15) is 0 Å². The zero-order valence-corrected chi connectivity index (χ0v) is 21.4. The van der Waals surface area contributed by atoms with Gasteiger partial charge in [-0.3, -0.25) is 14.5 Å². The zero-order valence-electron chi connectivity index (χ0n) is 17.7. The van der Waals surface area contributed by atoms with Crippen molar-refractivity contribution >= 4 is 57.9 Å². The number of carboxylic acid groups (broad SMARTS) is 1. The number of nitrogens with zero attached hydrogens (tertiary/aromatic N) is 4. The number of carboxylic acids is 1. The second-order valence-electron chi connectivity index (χ2n) is 6.36. The molecule has 12 nitrogen and oxygen atoms in total. The van der Waals surface area contributed by atoms with Gasteiger partial charge in [0.25, 0.3) is 11.8 Å². The van der Waals surface area contributed by atoms with Gasteiger partial charge in [0.1, 0.15) is 31.3 Å². The summed E-state index contributed by atoms with van der Waals surface area (Å²) in [5.41, 5.74) is 5.91. The molecule has 3 heterocycles. The van der Waals surface area contributed by atoms with Crippen molar-refractivity contribution in [2.45, 2.75) is 30.0 Å². The van der Waals surface area contributed by atoms with Crippen LogP contribution in [-0.4, -0.2) is 70.5 Å². The molecule has 3 rings (SSSR count). The number of nitrogen functional groups attached to an aromatic ring is 1. The molecule has 2 aliphatic rings. The first kappa shape index (κ1) is 26.1. The molecule has 2 aliphatic heterocycles. The molecule has 0 radical (unpaired) electrons. The Morgan fingerprint density at radius 1 is 1.41 bits per heavy atom. The normalized spacial score (nSPS) is 22.7. The van der Waals surface area contributed by atoms with Crippen LogP contribution in [0.5, 0.6) is 0 Å². The largest absolute Gasteiger partial charge is 1.00 e. The van der Waals surface area contributed by atoms with Crippen LogP contribution < -0.4 is 45.7 Å². The Morgan fingerprint density at radius 3 is 2.69 bits per heavy atom. The van der Waals surface area contributed by atoms with E-state index >= 15 is 0 Å². The van der Waals surface area contributed by atoms with Gasteiger partial charge in [-0.1, -0.05) is 10.3 Å². The van der Waals surface area contributed by atoms with Gasteiger partial charge in [-0.15, -0.1) is 23.1 Å². The maximum absolute atomic E-state index is 12.8. The van der Waals surface area contributed by atoms with E-state index in [2.05, 4.69) is 25.4 Å². The fourth-order valence-corrected chi connectivity index (χ4v) is 5.23. The van der Waals surface area contributed by atoms with Gasteiger partial charge >= 0.3 is 29.6 Å². The van der Waals surface area contributed by atoms with Crippen LogP contribution in [0.15, 0.2) is 27.0 Å². The second kappa shape index (κ2) is 11.1.